The molecule has 0 unspecified atom stereocenters. The average Bonchev–Trinajstić information content (AvgIpc) is 2.36. The Labute approximate surface area is 112 Å². The number of aromatic nitrogens is 1. The van der Waals surface area contributed by atoms with E-state index in [0.29, 0.717) is 0 Å². The molecule has 0 fully saturated rings. The zero-order valence-corrected chi connectivity index (χ0v) is 10.4. The fourth-order valence-corrected chi connectivity index (χ4v) is 1.64. The van der Waals surface area contributed by atoms with E-state index in [2.05, 4.69) is 4.98 Å². The van der Waals surface area contributed by atoms with Gasteiger partial charge >= 0.3 is 6.18 Å². The van der Waals surface area contributed by atoms with Crippen LogP contribution >= 0.6 is 11.6 Å². The van der Waals surface area contributed by atoms with E-state index in [4.69, 9.17) is 16.3 Å². The Morgan fingerprint density at radius 3 is 2.42 bits per heavy atom. The third-order valence-electron chi connectivity index (χ3n) is 2.33. The standard InChI is InChI=1S/C13H9ClF3NO/c14-11-6-10(13(15,16)17)7-12(18-11)19-8-9-4-2-1-3-5-9/h1-7H,8H2. The first-order chi connectivity index (χ1) is 8.95. The molecule has 0 radical (unpaired) electrons. The number of halogens is 4. The predicted molar refractivity (Wildman–Crippen MR) is 65.0 cm³/mol. The number of hydrogen-bond acceptors (Lipinski definition) is 2. The van der Waals surface area contributed by atoms with Gasteiger partial charge in [-0.15, -0.1) is 0 Å². The maximum Gasteiger partial charge on any atom is 0.416 e. The first kappa shape index (κ1) is 13.7. The third kappa shape index (κ3) is 3.86. The highest BCUT2D eigenvalue weighted by Gasteiger charge is 2.31. The summed E-state index contributed by atoms with van der Waals surface area (Å²) in [7, 11) is 0. The van der Waals surface area contributed by atoms with Crippen LogP contribution in [0.25, 0.3) is 0 Å². The molecule has 1 aromatic heterocycles. The zero-order valence-electron chi connectivity index (χ0n) is 9.62. The van der Waals surface area contributed by atoms with E-state index >= 15 is 0 Å². The molecule has 0 amide bonds. The zero-order chi connectivity index (χ0) is 13.9. The summed E-state index contributed by atoms with van der Waals surface area (Å²) in [5.41, 5.74) is -0.0478. The van der Waals surface area contributed by atoms with Crippen molar-refractivity contribution in [2.24, 2.45) is 0 Å². The van der Waals surface area contributed by atoms with Gasteiger partial charge in [-0.2, -0.15) is 13.2 Å². The number of ether oxygens (including phenoxy) is 1. The summed E-state index contributed by atoms with van der Waals surface area (Å²) in [5.74, 6) is -0.149. The highest BCUT2D eigenvalue weighted by molar-refractivity contribution is 6.29. The molecule has 0 N–H and O–H groups in total. The summed E-state index contributed by atoms with van der Waals surface area (Å²) in [5, 5.41) is -0.252. The van der Waals surface area contributed by atoms with Gasteiger partial charge in [-0.3, -0.25) is 0 Å². The van der Waals surface area contributed by atoms with Crippen molar-refractivity contribution in [3.05, 3.63) is 58.7 Å². The number of hydrogen-bond donors (Lipinski definition) is 0. The highest BCUT2D eigenvalue weighted by Crippen LogP contribution is 2.32. The molecule has 0 saturated heterocycles. The number of rotatable bonds is 3. The number of benzene rings is 1. The van der Waals surface area contributed by atoms with Crippen LogP contribution in [0, 0.1) is 0 Å². The first-order valence-electron chi connectivity index (χ1n) is 5.36. The van der Waals surface area contributed by atoms with Crippen molar-refractivity contribution in [2.75, 3.05) is 0 Å². The highest BCUT2D eigenvalue weighted by atomic mass is 35.5. The van der Waals surface area contributed by atoms with Gasteiger partial charge in [-0.25, -0.2) is 4.98 Å². The van der Waals surface area contributed by atoms with E-state index < -0.39 is 11.7 Å². The van der Waals surface area contributed by atoms with Crippen molar-refractivity contribution < 1.29 is 17.9 Å². The second kappa shape index (κ2) is 5.48. The number of alkyl halides is 3. The lowest BCUT2D eigenvalue weighted by atomic mass is 10.2. The molecule has 19 heavy (non-hydrogen) atoms. The SMILES string of the molecule is FC(F)(F)c1cc(Cl)nc(OCc2ccccc2)c1. The lowest BCUT2D eigenvalue weighted by molar-refractivity contribution is -0.137. The molecule has 0 spiro atoms. The van der Waals surface area contributed by atoms with Crippen molar-refractivity contribution in [1.29, 1.82) is 0 Å². The third-order valence-corrected chi connectivity index (χ3v) is 2.52. The Balaban J connectivity index is 2.15. The minimum absolute atomic E-state index is 0.130. The fourth-order valence-electron chi connectivity index (χ4n) is 1.44. The monoisotopic (exact) mass is 287 g/mol. The average molecular weight is 288 g/mol. The largest absolute Gasteiger partial charge is 0.473 e. The summed E-state index contributed by atoms with van der Waals surface area (Å²) in [6, 6.07) is 10.6. The summed E-state index contributed by atoms with van der Waals surface area (Å²) in [6.45, 7) is 0.130. The van der Waals surface area contributed by atoms with E-state index in [1.807, 2.05) is 18.2 Å². The Morgan fingerprint density at radius 2 is 1.79 bits per heavy atom. The van der Waals surface area contributed by atoms with Gasteiger partial charge in [0.1, 0.15) is 11.8 Å². The molecule has 0 aliphatic carbocycles. The van der Waals surface area contributed by atoms with E-state index in [0.717, 1.165) is 17.7 Å². The van der Waals surface area contributed by atoms with E-state index in [9.17, 15) is 13.2 Å². The molecule has 2 nitrogen and oxygen atoms in total. The first-order valence-corrected chi connectivity index (χ1v) is 5.74. The molecule has 0 atom stereocenters. The topological polar surface area (TPSA) is 22.1 Å². The van der Waals surface area contributed by atoms with Crippen LogP contribution in [0.5, 0.6) is 5.88 Å². The molecule has 100 valence electrons. The van der Waals surface area contributed by atoms with Crippen LogP contribution < -0.4 is 4.74 Å². The van der Waals surface area contributed by atoms with Crippen molar-refractivity contribution in [3.8, 4) is 5.88 Å². The van der Waals surface area contributed by atoms with Gasteiger partial charge in [-0.05, 0) is 11.6 Å². The summed E-state index contributed by atoms with van der Waals surface area (Å²) in [4.78, 5) is 3.71. The Kier molecular flexibility index (Phi) is 3.95. The van der Waals surface area contributed by atoms with E-state index in [1.54, 1.807) is 12.1 Å². The molecule has 0 bridgehead atoms. The van der Waals surface area contributed by atoms with Gasteiger partial charge in [0.05, 0.1) is 5.56 Å². The molecule has 1 heterocycles. The summed E-state index contributed by atoms with van der Waals surface area (Å²) < 4.78 is 42.9. The maximum atomic E-state index is 12.6. The van der Waals surface area contributed by atoms with Gasteiger partial charge in [0.15, 0.2) is 0 Å². The molecule has 0 aliphatic rings. The van der Waals surface area contributed by atoms with Gasteiger partial charge in [0.25, 0.3) is 0 Å². The smallest absolute Gasteiger partial charge is 0.416 e. The summed E-state index contributed by atoms with van der Waals surface area (Å²) >= 11 is 5.55. The van der Waals surface area contributed by atoms with Crippen molar-refractivity contribution in [3.63, 3.8) is 0 Å². The minimum atomic E-state index is -4.47. The molecule has 2 aromatic rings. The molecular formula is C13H9ClF3NO. The maximum absolute atomic E-state index is 12.6. The van der Waals surface area contributed by atoms with E-state index in [-0.39, 0.29) is 17.6 Å². The normalized spacial score (nSPS) is 11.4. The Hall–Kier alpha value is -1.75. The van der Waals surface area contributed by atoms with Crippen LogP contribution in [0.4, 0.5) is 13.2 Å². The van der Waals surface area contributed by atoms with E-state index in [1.165, 1.54) is 0 Å². The Morgan fingerprint density at radius 1 is 1.11 bits per heavy atom. The second-order valence-electron chi connectivity index (χ2n) is 3.79. The van der Waals surface area contributed by atoms with Gasteiger partial charge in [-0.1, -0.05) is 41.9 Å². The molecular weight excluding hydrogens is 279 g/mol. The Bertz CT molecular complexity index is 558. The predicted octanol–water partition coefficient (Wildman–Crippen LogP) is 4.33. The molecule has 6 heteroatoms. The molecule has 0 aliphatic heterocycles. The van der Waals surface area contributed by atoms with Crippen LogP contribution in [-0.2, 0) is 12.8 Å². The van der Waals surface area contributed by atoms with Crippen LogP contribution in [0.15, 0.2) is 42.5 Å². The van der Waals surface area contributed by atoms with Crippen LogP contribution in [-0.4, -0.2) is 4.98 Å². The lowest BCUT2D eigenvalue weighted by Gasteiger charge is -2.10. The molecule has 2 rings (SSSR count). The molecule has 1 aromatic carbocycles. The summed E-state index contributed by atoms with van der Waals surface area (Å²) in [6.07, 6.45) is -4.47. The van der Waals surface area contributed by atoms with Crippen LogP contribution in [0.2, 0.25) is 5.15 Å². The fraction of sp³-hybridized carbons (Fsp3) is 0.154. The van der Waals surface area contributed by atoms with Gasteiger partial charge in [0, 0.05) is 6.07 Å². The minimum Gasteiger partial charge on any atom is -0.473 e. The van der Waals surface area contributed by atoms with Crippen LogP contribution in [0.1, 0.15) is 11.1 Å². The van der Waals surface area contributed by atoms with Crippen molar-refractivity contribution >= 4 is 11.6 Å². The van der Waals surface area contributed by atoms with Crippen LogP contribution in [0.3, 0.4) is 0 Å². The number of pyridine rings is 1. The number of nitrogens with zero attached hydrogens (tertiary/aromatic N) is 1. The van der Waals surface area contributed by atoms with Crippen molar-refractivity contribution in [2.45, 2.75) is 12.8 Å². The lowest BCUT2D eigenvalue weighted by Crippen LogP contribution is -2.06. The molecule has 0 saturated carbocycles. The van der Waals surface area contributed by atoms with Gasteiger partial charge < -0.3 is 4.74 Å². The quantitative estimate of drug-likeness (QED) is 0.784. The van der Waals surface area contributed by atoms with Crippen molar-refractivity contribution in [1.82, 2.24) is 4.98 Å². The second-order valence-corrected chi connectivity index (χ2v) is 4.18. The van der Waals surface area contributed by atoms with Gasteiger partial charge in [0.2, 0.25) is 5.88 Å².